The minimum Gasteiger partial charge on any atom is -0.388 e. The van der Waals surface area contributed by atoms with Crippen molar-refractivity contribution in [2.75, 3.05) is 18.9 Å². The molecule has 0 aliphatic carbocycles. The molecule has 0 atom stereocenters. The monoisotopic (exact) mass is 286 g/mol. The highest BCUT2D eigenvalue weighted by Crippen LogP contribution is 2.15. The van der Waals surface area contributed by atoms with Crippen LogP contribution in [-0.4, -0.2) is 29.7 Å². The number of H-pyrrole nitrogens is 1. The number of nitrogens with one attached hydrogen (secondary N) is 3. The number of rotatable bonds is 6. The Morgan fingerprint density at radius 1 is 1.33 bits per heavy atom. The number of benzene rings is 1. The Kier molecular flexibility index (Phi) is 4.98. The van der Waals surface area contributed by atoms with Crippen molar-refractivity contribution in [1.82, 2.24) is 15.5 Å². The van der Waals surface area contributed by atoms with Crippen LogP contribution in [0.1, 0.15) is 33.6 Å². The first-order valence-electron chi connectivity index (χ1n) is 7.17. The van der Waals surface area contributed by atoms with E-state index in [1.807, 2.05) is 45.3 Å². The van der Waals surface area contributed by atoms with Gasteiger partial charge in [0.25, 0.3) is 5.91 Å². The molecule has 2 aromatic rings. The summed E-state index contributed by atoms with van der Waals surface area (Å²) in [4.78, 5) is 12.1. The van der Waals surface area contributed by atoms with E-state index in [-0.39, 0.29) is 5.91 Å². The fourth-order valence-corrected chi connectivity index (χ4v) is 2.30. The Morgan fingerprint density at radius 2 is 2.14 bits per heavy atom. The smallest absolute Gasteiger partial charge is 0.251 e. The minimum atomic E-state index is -0.0235. The summed E-state index contributed by atoms with van der Waals surface area (Å²) in [5, 5.41) is 13.0. The summed E-state index contributed by atoms with van der Waals surface area (Å²) in [6, 6.07) is 5.68. The quantitative estimate of drug-likeness (QED) is 0.714. The molecule has 0 saturated heterocycles. The fraction of sp³-hybridized carbons (Fsp3) is 0.375. The topological polar surface area (TPSA) is 69.8 Å². The lowest BCUT2D eigenvalue weighted by Gasteiger charge is -2.09. The number of aromatic amines is 1. The predicted molar refractivity (Wildman–Crippen MR) is 84.7 cm³/mol. The van der Waals surface area contributed by atoms with Crippen LogP contribution in [0, 0.1) is 13.8 Å². The maximum atomic E-state index is 12.1. The van der Waals surface area contributed by atoms with Gasteiger partial charge in [0, 0.05) is 30.5 Å². The van der Waals surface area contributed by atoms with Gasteiger partial charge in [-0.15, -0.1) is 0 Å². The second-order valence-electron chi connectivity index (χ2n) is 5.16. The molecule has 0 aliphatic heterocycles. The summed E-state index contributed by atoms with van der Waals surface area (Å²) in [5.74, 6) is -0.0235. The molecule has 112 valence electrons. The highest BCUT2D eigenvalue weighted by atomic mass is 16.1. The Hall–Kier alpha value is -2.30. The van der Waals surface area contributed by atoms with E-state index < -0.39 is 0 Å². The van der Waals surface area contributed by atoms with Crippen LogP contribution in [0.2, 0.25) is 0 Å². The van der Waals surface area contributed by atoms with Crippen LogP contribution in [0.4, 0.5) is 5.69 Å². The number of hydrogen-bond acceptors (Lipinski definition) is 3. The van der Waals surface area contributed by atoms with E-state index in [1.54, 1.807) is 0 Å². The van der Waals surface area contributed by atoms with Gasteiger partial charge in [-0.05, 0) is 56.0 Å². The van der Waals surface area contributed by atoms with Crippen molar-refractivity contribution in [3.05, 3.63) is 46.8 Å². The fourth-order valence-electron chi connectivity index (χ4n) is 2.30. The van der Waals surface area contributed by atoms with Gasteiger partial charge in [0.1, 0.15) is 0 Å². The molecule has 0 aliphatic rings. The van der Waals surface area contributed by atoms with Crippen molar-refractivity contribution in [3.63, 3.8) is 0 Å². The van der Waals surface area contributed by atoms with Crippen molar-refractivity contribution < 1.29 is 4.79 Å². The van der Waals surface area contributed by atoms with Crippen molar-refractivity contribution in [2.24, 2.45) is 0 Å². The number of carbonyl (C=O) groups is 1. The van der Waals surface area contributed by atoms with Crippen LogP contribution in [-0.2, 0) is 6.42 Å². The normalized spacial score (nSPS) is 10.4. The van der Waals surface area contributed by atoms with Crippen LogP contribution < -0.4 is 10.6 Å². The zero-order valence-electron chi connectivity index (χ0n) is 12.8. The highest BCUT2D eigenvalue weighted by molar-refractivity contribution is 5.94. The number of anilines is 1. The lowest BCUT2D eigenvalue weighted by Crippen LogP contribution is -2.24. The first-order valence-corrected chi connectivity index (χ1v) is 7.17. The molecule has 1 aromatic heterocycles. The van der Waals surface area contributed by atoms with Gasteiger partial charge in [-0.25, -0.2) is 0 Å². The van der Waals surface area contributed by atoms with E-state index in [1.165, 1.54) is 5.56 Å². The number of nitrogens with zero attached hydrogens (tertiary/aromatic N) is 1. The van der Waals surface area contributed by atoms with Gasteiger partial charge in [0.05, 0.1) is 6.20 Å². The molecular formula is C16H22N4O. The van der Waals surface area contributed by atoms with Gasteiger partial charge in [0.15, 0.2) is 0 Å². The summed E-state index contributed by atoms with van der Waals surface area (Å²) in [6.45, 7) is 4.66. The highest BCUT2D eigenvalue weighted by Gasteiger charge is 2.07. The van der Waals surface area contributed by atoms with Crippen LogP contribution in [0.15, 0.2) is 24.4 Å². The van der Waals surface area contributed by atoms with Gasteiger partial charge < -0.3 is 10.6 Å². The van der Waals surface area contributed by atoms with Gasteiger partial charge in [-0.3, -0.25) is 9.89 Å². The standard InChI is InChI=1S/C16H22N4O/c1-11-9-13(6-7-15(11)17-3)16(21)18-8-4-5-14-10-19-20-12(14)2/h6-7,9-10,17H,4-5,8H2,1-3H3,(H,18,21)(H,19,20). The molecule has 1 amide bonds. The predicted octanol–water partition coefficient (Wildman–Crippen LogP) is 2.43. The Morgan fingerprint density at radius 3 is 2.76 bits per heavy atom. The zero-order chi connectivity index (χ0) is 15.2. The Bertz CT molecular complexity index is 618. The molecule has 0 radical (unpaired) electrons. The van der Waals surface area contributed by atoms with E-state index in [0.717, 1.165) is 29.8 Å². The van der Waals surface area contributed by atoms with Crippen molar-refractivity contribution in [1.29, 1.82) is 0 Å². The van der Waals surface area contributed by atoms with Gasteiger partial charge in [-0.1, -0.05) is 0 Å². The molecule has 0 unspecified atom stereocenters. The summed E-state index contributed by atoms with van der Waals surface area (Å²) in [6.07, 6.45) is 3.66. The summed E-state index contributed by atoms with van der Waals surface area (Å²) < 4.78 is 0. The molecule has 2 rings (SSSR count). The second kappa shape index (κ2) is 6.92. The Balaban J connectivity index is 1.82. The summed E-state index contributed by atoms with van der Waals surface area (Å²) in [7, 11) is 1.87. The third-order valence-corrected chi connectivity index (χ3v) is 3.60. The van der Waals surface area contributed by atoms with E-state index in [4.69, 9.17) is 0 Å². The lowest BCUT2D eigenvalue weighted by atomic mass is 10.1. The first-order chi connectivity index (χ1) is 10.1. The third kappa shape index (κ3) is 3.84. The van der Waals surface area contributed by atoms with E-state index in [2.05, 4.69) is 20.8 Å². The zero-order valence-corrected chi connectivity index (χ0v) is 12.8. The molecule has 0 spiro atoms. The molecule has 0 fully saturated rings. The minimum absolute atomic E-state index is 0.0235. The van der Waals surface area contributed by atoms with Crippen LogP contribution in [0.5, 0.6) is 0 Å². The molecule has 21 heavy (non-hydrogen) atoms. The Labute approximate surface area is 125 Å². The second-order valence-corrected chi connectivity index (χ2v) is 5.16. The summed E-state index contributed by atoms with van der Waals surface area (Å²) >= 11 is 0. The van der Waals surface area contributed by atoms with Crippen molar-refractivity contribution in [3.8, 4) is 0 Å². The largest absolute Gasteiger partial charge is 0.388 e. The van der Waals surface area contributed by atoms with Gasteiger partial charge >= 0.3 is 0 Å². The van der Waals surface area contributed by atoms with E-state index in [0.29, 0.717) is 12.1 Å². The van der Waals surface area contributed by atoms with E-state index >= 15 is 0 Å². The van der Waals surface area contributed by atoms with E-state index in [9.17, 15) is 4.79 Å². The molecule has 0 saturated carbocycles. The van der Waals surface area contributed by atoms with Gasteiger partial charge in [-0.2, -0.15) is 5.10 Å². The van der Waals surface area contributed by atoms with Crippen molar-refractivity contribution in [2.45, 2.75) is 26.7 Å². The average molecular weight is 286 g/mol. The SMILES string of the molecule is CNc1ccc(C(=O)NCCCc2cn[nH]c2C)cc1C. The molecular weight excluding hydrogens is 264 g/mol. The first kappa shape index (κ1) is 15.1. The van der Waals surface area contributed by atoms with Crippen LogP contribution in [0.25, 0.3) is 0 Å². The van der Waals surface area contributed by atoms with Crippen molar-refractivity contribution >= 4 is 11.6 Å². The number of aryl methyl sites for hydroxylation is 3. The molecule has 5 heteroatoms. The van der Waals surface area contributed by atoms with Gasteiger partial charge in [0.2, 0.25) is 0 Å². The number of hydrogen-bond donors (Lipinski definition) is 3. The van der Waals surface area contributed by atoms with Crippen LogP contribution in [0.3, 0.4) is 0 Å². The number of carbonyl (C=O) groups excluding carboxylic acids is 1. The lowest BCUT2D eigenvalue weighted by molar-refractivity contribution is 0.0953. The number of amides is 1. The molecule has 1 heterocycles. The molecule has 5 nitrogen and oxygen atoms in total. The van der Waals surface area contributed by atoms with Crippen LogP contribution >= 0.6 is 0 Å². The maximum absolute atomic E-state index is 12.1. The summed E-state index contributed by atoms with van der Waals surface area (Å²) in [5.41, 5.74) is 5.12. The molecule has 0 bridgehead atoms. The third-order valence-electron chi connectivity index (χ3n) is 3.60. The average Bonchev–Trinajstić information content (AvgIpc) is 2.88. The molecule has 3 N–H and O–H groups in total. The maximum Gasteiger partial charge on any atom is 0.251 e. The molecule has 1 aromatic carbocycles. The number of aromatic nitrogens is 2.